The molecule has 2 N–H and O–H groups in total. The van der Waals surface area contributed by atoms with Gasteiger partial charge in [-0.05, 0) is 18.2 Å². The highest BCUT2D eigenvalue weighted by atomic mass is 35.5. The summed E-state index contributed by atoms with van der Waals surface area (Å²) < 4.78 is 0. The van der Waals surface area contributed by atoms with E-state index in [2.05, 4.69) is 5.32 Å². The van der Waals surface area contributed by atoms with Crippen molar-refractivity contribution in [2.75, 3.05) is 26.2 Å². The van der Waals surface area contributed by atoms with Crippen molar-refractivity contribution in [2.24, 2.45) is 0 Å². The second kappa shape index (κ2) is 4.72. The standard InChI is InChI=1S/C11H13ClN2O2/c12-10-2-1-8(15)7-9(10)11(16)14-5-3-13-4-6-14/h1-2,7,13,15H,3-6H2. The smallest absolute Gasteiger partial charge is 0.255 e. The van der Waals surface area contributed by atoms with Gasteiger partial charge < -0.3 is 15.3 Å². The number of halogens is 1. The topological polar surface area (TPSA) is 52.6 Å². The molecule has 0 atom stereocenters. The monoisotopic (exact) mass is 240 g/mol. The average Bonchev–Trinajstić information content (AvgIpc) is 2.32. The van der Waals surface area contributed by atoms with E-state index in [4.69, 9.17) is 11.6 Å². The molecule has 0 unspecified atom stereocenters. The van der Waals surface area contributed by atoms with Gasteiger partial charge in [-0.3, -0.25) is 4.79 Å². The predicted octanol–water partition coefficient (Wildman–Crippen LogP) is 1.09. The van der Waals surface area contributed by atoms with Crippen molar-refractivity contribution in [3.8, 4) is 5.75 Å². The number of carbonyl (C=O) groups excluding carboxylic acids is 1. The summed E-state index contributed by atoms with van der Waals surface area (Å²) in [6.07, 6.45) is 0. The van der Waals surface area contributed by atoms with Crippen LogP contribution in [-0.4, -0.2) is 42.1 Å². The van der Waals surface area contributed by atoms with Gasteiger partial charge in [-0.15, -0.1) is 0 Å². The Morgan fingerprint density at radius 1 is 1.38 bits per heavy atom. The van der Waals surface area contributed by atoms with Crippen molar-refractivity contribution >= 4 is 17.5 Å². The molecule has 4 nitrogen and oxygen atoms in total. The lowest BCUT2D eigenvalue weighted by molar-refractivity contribution is 0.0735. The number of benzene rings is 1. The van der Waals surface area contributed by atoms with Crippen LogP contribution < -0.4 is 5.32 Å². The summed E-state index contributed by atoms with van der Waals surface area (Å²) in [7, 11) is 0. The number of rotatable bonds is 1. The number of phenols is 1. The van der Waals surface area contributed by atoms with Crippen molar-refractivity contribution < 1.29 is 9.90 Å². The zero-order valence-corrected chi connectivity index (χ0v) is 9.50. The van der Waals surface area contributed by atoms with Gasteiger partial charge in [-0.1, -0.05) is 11.6 Å². The fourth-order valence-electron chi connectivity index (χ4n) is 1.72. The molecule has 1 aromatic rings. The van der Waals surface area contributed by atoms with Crippen LogP contribution in [0.1, 0.15) is 10.4 Å². The number of hydrogen-bond acceptors (Lipinski definition) is 3. The van der Waals surface area contributed by atoms with E-state index in [1.54, 1.807) is 4.90 Å². The van der Waals surface area contributed by atoms with Gasteiger partial charge >= 0.3 is 0 Å². The SMILES string of the molecule is O=C(c1cc(O)ccc1Cl)N1CCNCC1. The maximum Gasteiger partial charge on any atom is 0.255 e. The van der Waals surface area contributed by atoms with Crippen LogP contribution in [-0.2, 0) is 0 Å². The Morgan fingerprint density at radius 2 is 2.06 bits per heavy atom. The molecule has 1 amide bonds. The molecule has 0 saturated carbocycles. The summed E-state index contributed by atoms with van der Waals surface area (Å²) in [4.78, 5) is 13.8. The molecule has 0 bridgehead atoms. The lowest BCUT2D eigenvalue weighted by Gasteiger charge is -2.27. The minimum absolute atomic E-state index is 0.0582. The van der Waals surface area contributed by atoms with Gasteiger partial charge in [-0.25, -0.2) is 0 Å². The van der Waals surface area contributed by atoms with Gasteiger partial charge in [0.05, 0.1) is 10.6 Å². The molecule has 1 saturated heterocycles. The van der Waals surface area contributed by atoms with E-state index in [1.165, 1.54) is 18.2 Å². The Kier molecular flexibility index (Phi) is 3.31. The number of nitrogens with zero attached hydrogens (tertiary/aromatic N) is 1. The fourth-order valence-corrected chi connectivity index (χ4v) is 1.91. The molecule has 5 heteroatoms. The molecule has 1 aromatic carbocycles. The first-order chi connectivity index (χ1) is 7.68. The zero-order valence-electron chi connectivity index (χ0n) is 8.74. The quantitative estimate of drug-likeness (QED) is 0.773. The number of carbonyl (C=O) groups is 1. The fraction of sp³-hybridized carbons (Fsp3) is 0.364. The molecule has 1 aliphatic rings. The van der Waals surface area contributed by atoms with Crippen LogP contribution in [0.25, 0.3) is 0 Å². The average molecular weight is 241 g/mol. The normalized spacial score (nSPS) is 16.2. The van der Waals surface area contributed by atoms with E-state index < -0.39 is 0 Å². The molecule has 1 fully saturated rings. The van der Waals surface area contributed by atoms with Crippen molar-refractivity contribution in [1.82, 2.24) is 10.2 Å². The van der Waals surface area contributed by atoms with Crippen molar-refractivity contribution in [1.29, 1.82) is 0 Å². The highest BCUT2D eigenvalue weighted by molar-refractivity contribution is 6.33. The molecule has 1 heterocycles. The molecule has 86 valence electrons. The number of amides is 1. The predicted molar refractivity (Wildman–Crippen MR) is 61.9 cm³/mol. The molecular weight excluding hydrogens is 228 g/mol. The van der Waals surface area contributed by atoms with Crippen molar-refractivity contribution in [2.45, 2.75) is 0 Å². The van der Waals surface area contributed by atoms with Gasteiger partial charge in [0, 0.05) is 26.2 Å². The van der Waals surface area contributed by atoms with Crippen LogP contribution in [0, 0.1) is 0 Å². The van der Waals surface area contributed by atoms with E-state index in [0.29, 0.717) is 23.7 Å². The van der Waals surface area contributed by atoms with E-state index >= 15 is 0 Å². The third-order valence-corrected chi connectivity index (χ3v) is 2.91. The van der Waals surface area contributed by atoms with E-state index in [9.17, 15) is 9.90 Å². The lowest BCUT2D eigenvalue weighted by Crippen LogP contribution is -2.46. The summed E-state index contributed by atoms with van der Waals surface area (Å²) in [6.45, 7) is 2.93. The summed E-state index contributed by atoms with van der Waals surface area (Å²) in [5.41, 5.74) is 0.364. The van der Waals surface area contributed by atoms with E-state index in [1.807, 2.05) is 0 Å². The number of piperazine rings is 1. The van der Waals surface area contributed by atoms with Crippen LogP contribution in [0.4, 0.5) is 0 Å². The summed E-state index contributed by atoms with van der Waals surface area (Å²) >= 11 is 5.94. The molecule has 0 aromatic heterocycles. The Balaban J connectivity index is 2.22. The van der Waals surface area contributed by atoms with Gasteiger partial charge in [0.15, 0.2) is 0 Å². The molecule has 0 aliphatic carbocycles. The van der Waals surface area contributed by atoms with Crippen LogP contribution in [0.3, 0.4) is 0 Å². The molecular formula is C11H13ClN2O2. The highest BCUT2D eigenvalue weighted by Crippen LogP contribution is 2.22. The Labute approximate surface area is 98.8 Å². The zero-order chi connectivity index (χ0) is 11.5. The molecule has 0 spiro atoms. The second-order valence-corrected chi connectivity index (χ2v) is 4.11. The third-order valence-electron chi connectivity index (χ3n) is 2.58. The van der Waals surface area contributed by atoms with Crippen LogP contribution in [0.15, 0.2) is 18.2 Å². The van der Waals surface area contributed by atoms with Crippen molar-refractivity contribution in [3.63, 3.8) is 0 Å². The molecule has 2 rings (SSSR count). The largest absolute Gasteiger partial charge is 0.508 e. The van der Waals surface area contributed by atoms with Gasteiger partial charge in [-0.2, -0.15) is 0 Å². The van der Waals surface area contributed by atoms with E-state index in [-0.39, 0.29) is 11.7 Å². The summed E-state index contributed by atoms with van der Waals surface area (Å²) in [6, 6.07) is 4.41. The maximum atomic E-state index is 12.1. The first-order valence-electron chi connectivity index (χ1n) is 5.17. The number of phenolic OH excluding ortho intramolecular Hbond substituents is 1. The molecule has 1 aliphatic heterocycles. The Bertz CT molecular complexity index is 403. The second-order valence-electron chi connectivity index (χ2n) is 3.71. The minimum atomic E-state index is -0.123. The van der Waals surface area contributed by atoms with Gasteiger partial charge in [0.25, 0.3) is 5.91 Å². The molecule has 0 radical (unpaired) electrons. The van der Waals surface area contributed by atoms with Crippen LogP contribution >= 0.6 is 11.6 Å². The lowest BCUT2D eigenvalue weighted by atomic mass is 10.1. The van der Waals surface area contributed by atoms with E-state index in [0.717, 1.165) is 13.1 Å². The summed E-state index contributed by atoms with van der Waals surface area (Å²) in [5, 5.41) is 12.9. The Hall–Kier alpha value is -1.26. The van der Waals surface area contributed by atoms with Crippen LogP contribution in [0.2, 0.25) is 5.02 Å². The maximum absolute atomic E-state index is 12.1. The Morgan fingerprint density at radius 3 is 2.75 bits per heavy atom. The first-order valence-corrected chi connectivity index (χ1v) is 5.55. The van der Waals surface area contributed by atoms with Gasteiger partial charge in [0.2, 0.25) is 0 Å². The molecule has 16 heavy (non-hydrogen) atoms. The number of hydrogen-bond donors (Lipinski definition) is 2. The first kappa shape index (κ1) is 11.2. The third kappa shape index (κ3) is 2.28. The number of nitrogens with one attached hydrogen (secondary N) is 1. The van der Waals surface area contributed by atoms with Gasteiger partial charge in [0.1, 0.15) is 5.75 Å². The summed E-state index contributed by atoms with van der Waals surface area (Å²) in [5.74, 6) is -0.0646. The highest BCUT2D eigenvalue weighted by Gasteiger charge is 2.20. The van der Waals surface area contributed by atoms with Crippen molar-refractivity contribution in [3.05, 3.63) is 28.8 Å². The number of aromatic hydroxyl groups is 1. The minimum Gasteiger partial charge on any atom is -0.508 e. The van der Waals surface area contributed by atoms with Crippen LogP contribution in [0.5, 0.6) is 5.75 Å².